The summed E-state index contributed by atoms with van der Waals surface area (Å²) in [5, 5.41) is 8.95. The summed E-state index contributed by atoms with van der Waals surface area (Å²) < 4.78 is 4.78. The van der Waals surface area contributed by atoms with E-state index in [9.17, 15) is 9.59 Å². The van der Waals surface area contributed by atoms with Gasteiger partial charge in [-0.05, 0) is 29.8 Å². The second-order valence-electron chi connectivity index (χ2n) is 5.30. The van der Waals surface area contributed by atoms with Gasteiger partial charge in [0, 0.05) is 18.2 Å². The maximum Gasteiger partial charge on any atom is 0.290 e. The van der Waals surface area contributed by atoms with Crippen molar-refractivity contribution in [1.82, 2.24) is 10.5 Å². The molecule has 0 spiro atoms. The number of hydrogen-bond donors (Lipinski definition) is 3. The van der Waals surface area contributed by atoms with Crippen LogP contribution in [0.5, 0.6) is 0 Å². The summed E-state index contributed by atoms with van der Waals surface area (Å²) in [7, 11) is 0. The molecule has 3 aromatic rings. The maximum atomic E-state index is 12.2. The molecule has 25 heavy (non-hydrogen) atoms. The fourth-order valence-corrected chi connectivity index (χ4v) is 2.18. The van der Waals surface area contributed by atoms with Crippen molar-refractivity contribution in [2.24, 2.45) is 0 Å². The number of benzene rings is 2. The number of carbonyl (C=O) groups is 2. The fourth-order valence-electron chi connectivity index (χ4n) is 2.18. The number of nitrogens with zero attached hydrogens (tertiary/aromatic N) is 1. The number of para-hydroxylation sites is 2. The lowest BCUT2D eigenvalue weighted by Gasteiger charge is -2.08. The molecule has 7 heteroatoms. The largest absolute Gasteiger partial charge is 0.397 e. The van der Waals surface area contributed by atoms with Gasteiger partial charge in [-0.15, -0.1) is 0 Å². The molecule has 0 aliphatic rings. The van der Waals surface area contributed by atoms with Crippen molar-refractivity contribution in [3.8, 4) is 0 Å². The van der Waals surface area contributed by atoms with E-state index in [2.05, 4.69) is 15.8 Å². The molecule has 0 saturated carbocycles. The van der Waals surface area contributed by atoms with Gasteiger partial charge >= 0.3 is 0 Å². The van der Waals surface area contributed by atoms with E-state index in [1.54, 1.807) is 48.5 Å². The van der Waals surface area contributed by atoms with Crippen LogP contribution in [0.4, 0.5) is 11.4 Å². The van der Waals surface area contributed by atoms with Crippen LogP contribution in [-0.2, 0) is 6.54 Å². The molecule has 0 saturated heterocycles. The summed E-state index contributed by atoms with van der Waals surface area (Å²) in [6, 6.07) is 15.4. The molecule has 1 aromatic heterocycles. The molecule has 3 rings (SSSR count). The third-order valence-electron chi connectivity index (χ3n) is 3.54. The van der Waals surface area contributed by atoms with Crippen LogP contribution in [0.3, 0.4) is 0 Å². The van der Waals surface area contributed by atoms with E-state index in [1.807, 2.05) is 0 Å². The number of aromatic nitrogens is 1. The summed E-state index contributed by atoms with van der Waals surface area (Å²) in [5.41, 5.74) is 8.22. The minimum atomic E-state index is -0.348. The number of nitrogen functional groups attached to an aromatic ring is 1. The standard InChI is InChI=1S/C18H16N4O3/c19-14-3-1-2-4-15(14)22-17(23)13-7-5-12(6-8-13)11-20-18(24)16-9-10-21-25-16/h1-10H,11,19H2,(H,20,24)(H,22,23). The number of rotatable bonds is 5. The number of nitrogens with two attached hydrogens (primary N) is 1. The predicted octanol–water partition coefficient (Wildman–Crippen LogP) is 2.44. The first-order valence-electron chi connectivity index (χ1n) is 7.57. The van der Waals surface area contributed by atoms with Gasteiger partial charge in [0.1, 0.15) is 0 Å². The van der Waals surface area contributed by atoms with Gasteiger partial charge in [-0.2, -0.15) is 0 Å². The molecular formula is C18H16N4O3. The van der Waals surface area contributed by atoms with Crippen molar-refractivity contribution in [2.75, 3.05) is 11.1 Å². The highest BCUT2D eigenvalue weighted by Gasteiger charge is 2.10. The smallest absolute Gasteiger partial charge is 0.290 e. The van der Waals surface area contributed by atoms with E-state index < -0.39 is 0 Å². The zero-order chi connectivity index (χ0) is 17.6. The number of amides is 2. The van der Waals surface area contributed by atoms with Gasteiger partial charge in [0.25, 0.3) is 11.8 Å². The van der Waals surface area contributed by atoms with Gasteiger partial charge in [-0.1, -0.05) is 29.4 Å². The number of anilines is 2. The molecule has 0 atom stereocenters. The van der Waals surface area contributed by atoms with E-state index in [0.717, 1.165) is 5.56 Å². The van der Waals surface area contributed by atoms with Crippen molar-refractivity contribution in [2.45, 2.75) is 6.54 Å². The lowest BCUT2D eigenvalue weighted by atomic mass is 10.1. The van der Waals surface area contributed by atoms with Crippen molar-refractivity contribution in [1.29, 1.82) is 0 Å². The molecule has 1 heterocycles. The van der Waals surface area contributed by atoms with Crippen LogP contribution in [-0.4, -0.2) is 17.0 Å². The Morgan fingerprint density at radius 1 is 1.00 bits per heavy atom. The van der Waals surface area contributed by atoms with Crippen molar-refractivity contribution in [3.63, 3.8) is 0 Å². The second kappa shape index (κ2) is 7.31. The average molecular weight is 336 g/mol. The summed E-state index contributed by atoms with van der Waals surface area (Å²) >= 11 is 0. The van der Waals surface area contributed by atoms with Crippen LogP contribution in [0.2, 0.25) is 0 Å². The quantitative estimate of drug-likeness (QED) is 0.620. The third kappa shape index (κ3) is 4.03. The summed E-state index contributed by atoms with van der Waals surface area (Å²) in [6.45, 7) is 0.313. The number of hydrogen-bond acceptors (Lipinski definition) is 5. The minimum absolute atomic E-state index is 0.149. The third-order valence-corrected chi connectivity index (χ3v) is 3.54. The van der Waals surface area contributed by atoms with Gasteiger partial charge in [0.05, 0.1) is 17.6 Å². The Hall–Kier alpha value is -3.61. The Morgan fingerprint density at radius 3 is 2.44 bits per heavy atom. The van der Waals surface area contributed by atoms with Gasteiger partial charge in [0.15, 0.2) is 0 Å². The zero-order valence-corrected chi connectivity index (χ0v) is 13.2. The van der Waals surface area contributed by atoms with Gasteiger partial charge in [-0.25, -0.2) is 0 Å². The van der Waals surface area contributed by atoms with Crippen LogP contribution >= 0.6 is 0 Å². The average Bonchev–Trinajstić information content (AvgIpc) is 3.17. The number of nitrogens with one attached hydrogen (secondary N) is 2. The Kier molecular flexibility index (Phi) is 4.75. The van der Waals surface area contributed by atoms with E-state index in [1.165, 1.54) is 12.3 Å². The van der Waals surface area contributed by atoms with E-state index in [-0.39, 0.29) is 17.6 Å². The first kappa shape index (κ1) is 16.3. The molecule has 4 N–H and O–H groups in total. The van der Waals surface area contributed by atoms with E-state index in [0.29, 0.717) is 23.5 Å². The van der Waals surface area contributed by atoms with Crippen molar-refractivity contribution < 1.29 is 14.1 Å². The summed E-state index contributed by atoms with van der Waals surface area (Å²) in [4.78, 5) is 24.0. The molecule has 2 amide bonds. The number of carbonyl (C=O) groups excluding carboxylic acids is 2. The first-order chi connectivity index (χ1) is 12.1. The minimum Gasteiger partial charge on any atom is -0.397 e. The van der Waals surface area contributed by atoms with Gasteiger partial charge in [0.2, 0.25) is 5.76 Å². The van der Waals surface area contributed by atoms with Crippen LogP contribution < -0.4 is 16.4 Å². The van der Waals surface area contributed by atoms with E-state index in [4.69, 9.17) is 10.3 Å². The Balaban J connectivity index is 1.59. The highest BCUT2D eigenvalue weighted by molar-refractivity contribution is 6.05. The monoisotopic (exact) mass is 336 g/mol. The molecule has 2 aromatic carbocycles. The lowest BCUT2D eigenvalue weighted by Crippen LogP contribution is -2.22. The Labute approximate surface area is 143 Å². The molecule has 0 aliphatic heterocycles. The van der Waals surface area contributed by atoms with Gasteiger partial charge in [-0.3, -0.25) is 9.59 Å². The van der Waals surface area contributed by atoms with Crippen molar-refractivity contribution >= 4 is 23.2 Å². The Bertz CT molecular complexity index is 874. The molecule has 0 unspecified atom stereocenters. The van der Waals surface area contributed by atoms with Crippen LogP contribution in [0.15, 0.2) is 65.3 Å². The zero-order valence-electron chi connectivity index (χ0n) is 13.2. The van der Waals surface area contributed by atoms with Crippen molar-refractivity contribution in [3.05, 3.63) is 77.7 Å². The fraction of sp³-hybridized carbons (Fsp3) is 0.0556. The summed E-state index contributed by atoms with van der Waals surface area (Å²) in [6.07, 6.45) is 1.40. The molecule has 0 radical (unpaired) electrons. The molecule has 0 aliphatic carbocycles. The normalized spacial score (nSPS) is 10.2. The van der Waals surface area contributed by atoms with Gasteiger partial charge < -0.3 is 20.9 Å². The molecule has 0 fully saturated rings. The highest BCUT2D eigenvalue weighted by atomic mass is 16.5. The van der Waals surface area contributed by atoms with Crippen LogP contribution in [0.25, 0.3) is 0 Å². The second-order valence-corrected chi connectivity index (χ2v) is 5.30. The lowest BCUT2D eigenvalue weighted by molar-refractivity contribution is 0.0913. The summed E-state index contributed by atoms with van der Waals surface area (Å²) in [5.74, 6) is -0.453. The molecule has 0 bridgehead atoms. The maximum absolute atomic E-state index is 12.2. The SMILES string of the molecule is Nc1ccccc1NC(=O)c1ccc(CNC(=O)c2ccno2)cc1. The topological polar surface area (TPSA) is 110 Å². The molecular weight excluding hydrogens is 320 g/mol. The predicted molar refractivity (Wildman–Crippen MR) is 92.9 cm³/mol. The van der Waals surface area contributed by atoms with Crippen LogP contribution in [0.1, 0.15) is 26.5 Å². The highest BCUT2D eigenvalue weighted by Crippen LogP contribution is 2.18. The Morgan fingerprint density at radius 2 is 1.76 bits per heavy atom. The molecule has 7 nitrogen and oxygen atoms in total. The van der Waals surface area contributed by atoms with Crippen LogP contribution in [0, 0.1) is 0 Å². The molecule has 126 valence electrons. The first-order valence-corrected chi connectivity index (χ1v) is 7.57. The van der Waals surface area contributed by atoms with E-state index >= 15 is 0 Å².